The molecular formula is C12H21N5O. The van der Waals surface area contributed by atoms with Gasteiger partial charge >= 0.3 is 0 Å². The lowest BCUT2D eigenvalue weighted by Gasteiger charge is -2.26. The van der Waals surface area contributed by atoms with Crippen molar-refractivity contribution >= 4 is 11.6 Å². The molecule has 1 aliphatic rings. The Morgan fingerprint density at radius 3 is 2.83 bits per heavy atom. The van der Waals surface area contributed by atoms with Crippen LogP contribution in [0.3, 0.4) is 0 Å². The molecule has 0 spiro atoms. The van der Waals surface area contributed by atoms with E-state index in [1.54, 1.807) is 0 Å². The molecular weight excluding hydrogens is 230 g/mol. The van der Waals surface area contributed by atoms with Gasteiger partial charge in [0, 0.05) is 19.6 Å². The molecule has 18 heavy (non-hydrogen) atoms. The van der Waals surface area contributed by atoms with Crippen molar-refractivity contribution in [3.8, 4) is 0 Å². The largest absolute Gasteiger partial charge is 0.379 e. The molecule has 0 unspecified atom stereocenters. The van der Waals surface area contributed by atoms with E-state index in [9.17, 15) is 0 Å². The van der Waals surface area contributed by atoms with E-state index < -0.39 is 0 Å². The number of hydrogen-bond donors (Lipinski definition) is 3. The highest BCUT2D eigenvalue weighted by molar-refractivity contribution is 5.44. The number of pyridine rings is 1. The number of ether oxygens (including phenoxy) is 1. The van der Waals surface area contributed by atoms with E-state index in [0.29, 0.717) is 5.82 Å². The molecule has 0 bridgehead atoms. The van der Waals surface area contributed by atoms with Crippen LogP contribution in [0.25, 0.3) is 0 Å². The molecule has 0 saturated carbocycles. The number of nitrogens with one attached hydrogen (secondary N) is 2. The van der Waals surface area contributed by atoms with Crippen LogP contribution in [0.2, 0.25) is 0 Å². The molecule has 6 heteroatoms. The molecule has 0 aromatic carbocycles. The minimum absolute atomic E-state index is 0.674. The van der Waals surface area contributed by atoms with E-state index in [0.717, 1.165) is 51.6 Å². The lowest BCUT2D eigenvalue weighted by molar-refractivity contribution is 0.0378. The Kier molecular flexibility index (Phi) is 5.19. The Balaban J connectivity index is 1.65. The van der Waals surface area contributed by atoms with Gasteiger partial charge in [0.1, 0.15) is 11.6 Å². The van der Waals surface area contributed by atoms with Crippen molar-refractivity contribution in [1.29, 1.82) is 0 Å². The number of hydrogen-bond acceptors (Lipinski definition) is 6. The predicted octanol–water partition coefficient (Wildman–Crippen LogP) is 0.501. The van der Waals surface area contributed by atoms with E-state index in [2.05, 4.69) is 20.6 Å². The van der Waals surface area contributed by atoms with Gasteiger partial charge in [-0.05, 0) is 25.1 Å². The predicted molar refractivity (Wildman–Crippen MR) is 72.4 cm³/mol. The number of aromatic nitrogens is 1. The maximum absolute atomic E-state index is 5.31. The van der Waals surface area contributed by atoms with Gasteiger partial charge < -0.3 is 15.5 Å². The van der Waals surface area contributed by atoms with E-state index in [1.165, 1.54) is 0 Å². The van der Waals surface area contributed by atoms with Crippen LogP contribution < -0.4 is 16.6 Å². The normalized spacial score (nSPS) is 16.5. The fourth-order valence-electron chi connectivity index (χ4n) is 1.96. The average molecular weight is 251 g/mol. The molecule has 4 N–H and O–H groups in total. The summed E-state index contributed by atoms with van der Waals surface area (Å²) in [7, 11) is 0. The molecule has 1 fully saturated rings. The van der Waals surface area contributed by atoms with Crippen LogP contribution in [0.15, 0.2) is 18.2 Å². The van der Waals surface area contributed by atoms with Crippen LogP contribution in [0.4, 0.5) is 11.6 Å². The Labute approximate surface area is 107 Å². The van der Waals surface area contributed by atoms with Crippen molar-refractivity contribution in [2.24, 2.45) is 5.84 Å². The lowest BCUT2D eigenvalue weighted by Crippen LogP contribution is -2.37. The molecule has 2 heterocycles. The van der Waals surface area contributed by atoms with E-state index in [-0.39, 0.29) is 0 Å². The summed E-state index contributed by atoms with van der Waals surface area (Å²) >= 11 is 0. The molecule has 100 valence electrons. The van der Waals surface area contributed by atoms with Gasteiger partial charge in [0.15, 0.2) is 0 Å². The highest BCUT2D eigenvalue weighted by Crippen LogP contribution is 2.07. The van der Waals surface area contributed by atoms with Crippen LogP contribution in [0.5, 0.6) is 0 Å². The maximum atomic E-state index is 5.31. The third kappa shape index (κ3) is 4.14. The van der Waals surface area contributed by atoms with Crippen molar-refractivity contribution < 1.29 is 4.74 Å². The van der Waals surface area contributed by atoms with Gasteiger partial charge in [0.25, 0.3) is 0 Å². The Hall–Kier alpha value is -1.37. The van der Waals surface area contributed by atoms with Crippen molar-refractivity contribution in [2.75, 3.05) is 50.1 Å². The summed E-state index contributed by atoms with van der Waals surface area (Å²) < 4.78 is 5.31. The number of nitrogen functional groups attached to an aromatic ring is 1. The summed E-state index contributed by atoms with van der Waals surface area (Å²) in [5.41, 5.74) is 2.54. The van der Waals surface area contributed by atoms with Gasteiger partial charge in [-0.15, -0.1) is 0 Å². The number of morpholine rings is 1. The Morgan fingerprint density at radius 1 is 1.28 bits per heavy atom. The molecule has 1 aliphatic heterocycles. The zero-order valence-corrected chi connectivity index (χ0v) is 10.6. The first-order valence-electron chi connectivity index (χ1n) is 6.36. The second kappa shape index (κ2) is 7.15. The van der Waals surface area contributed by atoms with E-state index in [1.807, 2.05) is 18.2 Å². The molecule has 6 nitrogen and oxygen atoms in total. The monoisotopic (exact) mass is 251 g/mol. The summed E-state index contributed by atoms with van der Waals surface area (Å²) in [5.74, 6) is 6.84. The van der Waals surface area contributed by atoms with Gasteiger partial charge in [-0.3, -0.25) is 4.90 Å². The minimum Gasteiger partial charge on any atom is -0.379 e. The first-order valence-corrected chi connectivity index (χ1v) is 6.36. The van der Waals surface area contributed by atoms with Gasteiger partial charge in [-0.25, -0.2) is 10.8 Å². The van der Waals surface area contributed by atoms with Crippen LogP contribution in [-0.4, -0.2) is 49.3 Å². The van der Waals surface area contributed by atoms with Crippen LogP contribution in [0.1, 0.15) is 6.42 Å². The summed E-state index contributed by atoms with van der Waals surface area (Å²) in [6, 6.07) is 5.70. The number of rotatable bonds is 6. The highest BCUT2D eigenvalue weighted by atomic mass is 16.5. The molecule has 0 aliphatic carbocycles. The number of nitrogens with two attached hydrogens (primary N) is 1. The Morgan fingerprint density at radius 2 is 2.06 bits per heavy atom. The van der Waals surface area contributed by atoms with Crippen LogP contribution >= 0.6 is 0 Å². The molecule has 0 atom stereocenters. The second-order valence-corrected chi connectivity index (χ2v) is 4.29. The van der Waals surface area contributed by atoms with Gasteiger partial charge in [0.2, 0.25) is 0 Å². The third-order valence-electron chi connectivity index (χ3n) is 2.96. The van der Waals surface area contributed by atoms with Gasteiger partial charge in [0.05, 0.1) is 13.2 Å². The minimum atomic E-state index is 0.674. The van der Waals surface area contributed by atoms with E-state index >= 15 is 0 Å². The molecule has 1 saturated heterocycles. The zero-order valence-electron chi connectivity index (χ0n) is 10.6. The Bertz CT molecular complexity index is 354. The number of anilines is 2. The fraction of sp³-hybridized carbons (Fsp3) is 0.583. The highest BCUT2D eigenvalue weighted by Gasteiger charge is 2.08. The lowest BCUT2D eigenvalue weighted by atomic mass is 10.3. The fourth-order valence-corrected chi connectivity index (χ4v) is 1.96. The first-order chi connectivity index (χ1) is 8.88. The summed E-state index contributed by atoms with van der Waals surface area (Å²) in [6.45, 7) is 5.83. The number of hydrazine groups is 1. The van der Waals surface area contributed by atoms with Crippen molar-refractivity contribution in [2.45, 2.75) is 6.42 Å². The second-order valence-electron chi connectivity index (χ2n) is 4.29. The van der Waals surface area contributed by atoms with Crippen LogP contribution in [0, 0.1) is 0 Å². The summed E-state index contributed by atoms with van der Waals surface area (Å²) in [6.07, 6.45) is 1.10. The summed E-state index contributed by atoms with van der Waals surface area (Å²) in [5, 5.41) is 3.29. The smallest absolute Gasteiger partial charge is 0.142 e. The van der Waals surface area contributed by atoms with Crippen molar-refractivity contribution in [3.05, 3.63) is 18.2 Å². The van der Waals surface area contributed by atoms with E-state index in [4.69, 9.17) is 10.6 Å². The maximum Gasteiger partial charge on any atom is 0.142 e. The molecule has 1 aromatic rings. The molecule has 2 rings (SSSR count). The average Bonchev–Trinajstić information content (AvgIpc) is 2.45. The van der Waals surface area contributed by atoms with Crippen LogP contribution in [-0.2, 0) is 4.74 Å². The first kappa shape index (κ1) is 13.1. The van der Waals surface area contributed by atoms with Crippen molar-refractivity contribution in [3.63, 3.8) is 0 Å². The standard InChI is InChI=1S/C12H21N5O/c13-16-12-4-1-3-11(15-12)14-5-2-6-17-7-9-18-10-8-17/h1,3-4H,2,5-10,13H2,(H2,14,15,16). The summed E-state index contributed by atoms with van der Waals surface area (Å²) in [4.78, 5) is 6.72. The SMILES string of the molecule is NNc1cccc(NCCCN2CCOCC2)n1. The zero-order chi connectivity index (χ0) is 12.6. The molecule has 1 aromatic heterocycles. The van der Waals surface area contributed by atoms with Crippen molar-refractivity contribution in [1.82, 2.24) is 9.88 Å². The van der Waals surface area contributed by atoms with Gasteiger partial charge in [-0.1, -0.05) is 6.07 Å². The van der Waals surface area contributed by atoms with Gasteiger partial charge in [-0.2, -0.15) is 0 Å². The topological polar surface area (TPSA) is 75.4 Å². The third-order valence-corrected chi connectivity index (χ3v) is 2.96. The number of nitrogens with zero attached hydrogens (tertiary/aromatic N) is 2. The quantitative estimate of drug-likeness (QED) is 0.388. The molecule has 0 radical (unpaired) electrons. The molecule has 0 amide bonds.